The summed E-state index contributed by atoms with van der Waals surface area (Å²) in [6.07, 6.45) is 22.7. The molecular weight excluding hydrogens is 1120 g/mol. The van der Waals surface area contributed by atoms with Crippen molar-refractivity contribution >= 4 is 65.7 Å². The number of hydrogen-bond acceptors (Lipinski definition) is 21. The number of carbonyl (C=O) groups is 11. The van der Waals surface area contributed by atoms with Crippen LogP contribution in [0.5, 0.6) is 0 Å². The summed E-state index contributed by atoms with van der Waals surface area (Å²) >= 11 is 0. The molecule has 0 unspecified atom stereocenters. The molecule has 0 aliphatic rings. The Hall–Kier alpha value is -6.09. The quantitative estimate of drug-likeness (QED) is 0.0256. The van der Waals surface area contributed by atoms with E-state index < -0.39 is 11.9 Å². The van der Waals surface area contributed by atoms with Crippen LogP contribution >= 0.6 is 0 Å². The monoisotopic (exact) mass is 1230 g/mol. The highest BCUT2D eigenvalue weighted by molar-refractivity contribution is 5.86. The highest BCUT2D eigenvalue weighted by Gasteiger charge is 2.12. The molecule has 0 saturated carbocycles. The van der Waals surface area contributed by atoms with E-state index in [0.29, 0.717) is 206 Å². The molecule has 22 nitrogen and oxygen atoms in total. The van der Waals surface area contributed by atoms with E-state index in [-0.39, 0.29) is 132 Å². The average Bonchev–Trinajstić information content (AvgIpc) is 3.47. The van der Waals surface area contributed by atoms with Gasteiger partial charge >= 0.3 is 65.7 Å². The molecule has 0 aromatic heterocycles. The van der Waals surface area contributed by atoms with Crippen LogP contribution in [0.15, 0.2) is 12.2 Å². The van der Waals surface area contributed by atoms with Gasteiger partial charge in [-0.1, -0.05) is 6.58 Å². The third kappa shape index (κ3) is 59.6. The number of esters is 10. The average molecular weight is 1230 g/mol. The van der Waals surface area contributed by atoms with Crippen molar-refractivity contribution < 1.29 is 105 Å². The molecule has 0 aromatic rings. The molecule has 0 rings (SSSR count). The minimum absolute atomic E-state index is 0.119. The molecule has 0 aliphatic heterocycles. The molecule has 494 valence electrons. The lowest BCUT2D eigenvalue weighted by molar-refractivity contribution is -0.146. The number of carboxylic acid groups (broad SMARTS) is 1. The Balaban J connectivity index is 3.51. The van der Waals surface area contributed by atoms with E-state index >= 15 is 0 Å². The van der Waals surface area contributed by atoms with E-state index in [9.17, 15) is 52.7 Å². The molecule has 0 bridgehead atoms. The fraction of sp³-hybridized carbons (Fsp3) is 0.797. The number of unbranched alkanes of at least 4 members (excludes halogenated alkanes) is 20. The minimum atomic E-state index is -0.828. The van der Waals surface area contributed by atoms with Crippen LogP contribution in [0.25, 0.3) is 0 Å². The maximum Gasteiger partial charge on any atom is 0.333 e. The second kappa shape index (κ2) is 59.3. The van der Waals surface area contributed by atoms with Crippen molar-refractivity contribution in [3.8, 4) is 0 Å². The Kier molecular flexibility index (Phi) is 55.1. The number of hydrogen-bond donors (Lipinski definition) is 1. The standard InChI is InChI=1S/C64H106O22/c1-53(2)64(76)86-52-32-12-22-42-63(75)85-51-31-11-21-41-62(74)84-50-30-10-20-40-61(73)83-49-29-9-19-39-60(72)82-48-28-8-18-38-59(71)81-47-27-7-17-37-58(70)80-46-26-6-16-36-57(69)79-45-25-5-15-35-56(68)78-44-24-4-14-34-55(67)77-43-23-3-13-33-54(65)66/h1,3-52H2,2H3,(H,65,66). The molecule has 86 heavy (non-hydrogen) atoms. The Morgan fingerprint density at radius 1 is 0.221 bits per heavy atom. The Labute approximate surface area is 511 Å². The van der Waals surface area contributed by atoms with Gasteiger partial charge in [0.05, 0.1) is 66.1 Å². The molecule has 0 aliphatic carbocycles. The van der Waals surface area contributed by atoms with Gasteiger partial charge in [0.1, 0.15) is 0 Å². The van der Waals surface area contributed by atoms with Gasteiger partial charge in [-0.15, -0.1) is 0 Å². The van der Waals surface area contributed by atoms with Crippen LogP contribution in [-0.2, 0) is 100 Å². The van der Waals surface area contributed by atoms with Crippen molar-refractivity contribution in [2.75, 3.05) is 66.1 Å². The SMILES string of the molecule is C=C(C)C(=O)OCCCCCC(=O)OCCCCCC(=O)OCCCCCC(=O)OCCCCCC(=O)OCCCCCC(=O)OCCCCCC(=O)OCCCCCC(=O)OCCCCCC(=O)OCCCCCC(=O)OCCCCCC(=O)O. The van der Waals surface area contributed by atoms with Crippen LogP contribution in [0.2, 0.25) is 0 Å². The van der Waals surface area contributed by atoms with Crippen LogP contribution in [0, 0.1) is 0 Å². The van der Waals surface area contributed by atoms with Gasteiger partial charge in [0.2, 0.25) is 0 Å². The van der Waals surface area contributed by atoms with Crippen LogP contribution in [0.1, 0.15) is 264 Å². The fourth-order valence-electron chi connectivity index (χ4n) is 8.10. The van der Waals surface area contributed by atoms with Crippen molar-refractivity contribution in [2.45, 2.75) is 264 Å². The molecule has 0 aromatic carbocycles. The summed E-state index contributed by atoms with van der Waals surface area (Å²) in [7, 11) is 0. The largest absolute Gasteiger partial charge is 0.481 e. The van der Waals surface area contributed by atoms with E-state index in [1.54, 1.807) is 6.92 Å². The van der Waals surface area contributed by atoms with E-state index in [2.05, 4.69) is 6.58 Å². The first-order chi connectivity index (χ1) is 41.6. The van der Waals surface area contributed by atoms with E-state index in [1.807, 2.05) is 0 Å². The zero-order valence-corrected chi connectivity index (χ0v) is 52.1. The zero-order valence-electron chi connectivity index (χ0n) is 52.1. The van der Waals surface area contributed by atoms with Gasteiger partial charge in [-0.05, 0) is 200 Å². The van der Waals surface area contributed by atoms with Crippen molar-refractivity contribution in [1.82, 2.24) is 0 Å². The highest BCUT2D eigenvalue weighted by atomic mass is 16.6. The molecule has 0 amide bonds. The number of ether oxygens (including phenoxy) is 10. The van der Waals surface area contributed by atoms with Crippen molar-refractivity contribution in [3.63, 3.8) is 0 Å². The number of carboxylic acids is 1. The molecule has 0 heterocycles. The van der Waals surface area contributed by atoms with E-state index in [1.165, 1.54) is 0 Å². The molecular formula is C64H106O22. The van der Waals surface area contributed by atoms with Crippen molar-refractivity contribution in [2.24, 2.45) is 0 Å². The van der Waals surface area contributed by atoms with Gasteiger partial charge in [0.25, 0.3) is 0 Å². The normalized spacial score (nSPS) is 10.8. The summed E-state index contributed by atoms with van der Waals surface area (Å²) in [5.41, 5.74) is 0.359. The maximum atomic E-state index is 12.1. The van der Waals surface area contributed by atoms with Gasteiger partial charge in [0, 0.05) is 69.8 Å². The van der Waals surface area contributed by atoms with Gasteiger partial charge in [-0.3, -0.25) is 47.9 Å². The van der Waals surface area contributed by atoms with Gasteiger partial charge in [0.15, 0.2) is 0 Å². The first-order valence-electron chi connectivity index (χ1n) is 32.0. The predicted molar refractivity (Wildman–Crippen MR) is 317 cm³/mol. The minimum Gasteiger partial charge on any atom is -0.481 e. The summed E-state index contributed by atoms with van der Waals surface area (Å²) in [6, 6.07) is 0. The summed E-state index contributed by atoms with van der Waals surface area (Å²) < 4.78 is 52.3. The first kappa shape index (κ1) is 79.9. The summed E-state index contributed by atoms with van der Waals surface area (Å²) in [5.74, 6) is -3.74. The molecule has 1 N–H and O–H groups in total. The lowest BCUT2D eigenvalue weighted by Crippen LogP contribution is -2.09. The topological polar surface area (TPSA) is 300 Å². The molecule has 0 fully saturated rings. The molecule has 22 heteroatoms. The van der Waals surface area contributed by atoms with E-state index in [0.717, 1.165) is 44.9 Å². The lowest BCUT2D eigenvalue weighted by atomic mass is 10.2. The second-order valence-corrected chi connectivity index (χ2v) is 21.4. The predicted octanol–water partition coefficient (Wildman–Crippen LogP) is 11.7. The number of rotatable bonds is 61. The van der Waals surface area contributed by atoms with Crippen LogP contribution in [-0.4, -0.2) is 137 Å². The smallest absolute Gasteiger partial charge is 0.333 e. The lowest BCUT2D eigenvalue weighted by Gasteiger charge is -2.07. The molecule has 0 radical (unpaired) electrons. The zero-order chi connectivity index (χ0) is 63.4. The Bertz CT molecular complexity index is 1880. The maximum absolute atomic E-state index is 12.1. The summed E-state index contributed by atoms with van der Waals surface area (Å²) in [4.78, 5) is 130. The van der Waals surface area contributed by atoms with Crippen molar-refractivity contribution in [3.05, 3.63) is 12.2 Å². The van der Waals surface area contributed by atoms with Crippen LogP contribution < -0.4 is 0 Å². The molecule has 0 saturated heterocycles. The highest BCUT2D eigenvalue weighted by Crippen LogP contribution is 2.12. The summed E-state index contributed by atoms with van der Waals surface area (Å²) in [6.45, 7) is 8.03. The Morgan fingerprint density at radius 3 is 0.500 bits per heavy atom. The van der Waals surface area contributed by atoms with Gasteiger partial charge in [-0.25, -0.2) is 4.79 Å². The first-order valence-corrected chi connectivity index (χ1v) is 32.0. The molecule has 0 spiro atoms. The number of aliphatic carboxylic acids is 1. The third-order valence-corrected chi connectivity index (χ3v) is 13.2. The summed E-state index contributed by atoms with van der Waals surface area (Å²) in [5, 5.41) is 8.62. The van der Waals surface area contributed by atoms with Crippen LogP contribution in [0.3, 0.4) is 0 Å². The third-order valence-electron chi connectivity index (χ3n) is 13.2. The second-order valence-electron chi connectivity index (χ2n) is 21.4. The fourth-order valence-corrected chi connectivity index (χ4v) is 8.10. The number of carbonyl (C=O) groups excluding carboxylic acids is 10. The Morgan fingerprint density at radius 2 is 0.360 bits per heavy atom. The van der Waals surface area contributed by atoms with Gasteiger partial charge in [-0.2, -0.15) is 0 Å². The van der Waals surface area contributed by atoms with E-state index in [4.69, 9.17) is 52.5 Å². The van der Waals surface area contributed by atoms with Crippen LogP contribution in [0.4, 0.5) is 0 Å². The van der Waals surface area contributed by atoms with Crippen molar-refractivity contribution in [1.29, 1.82) is 0 Å². The van der Waals surface area contributed by atoms with Gasteiger partial charge < -0.3 is 52.5 Å². The molecule has 0 atom stereocenters.